The van der Waals surface area contributed by atoms with Crippen LogP contribution in [0.15, 0.2) is 0 Å². The van der Waals surface area contributed by atoms with Crippen LogP contribution in [0.4, 0.5) is 4.79 Å². The second-order valence-electron chi connectivity index (χ2n) is 6.67. The van der Waals surface area contributed by atoms with Crippen LogP contribution in [0.25, 0.3) is 0 Å². The number of rotatable bonds is 5. The van der Waals surface area contributed by atoms with Crippen molar-refractivity contribution in [1.82, 2.24) is 4.90 Å². The van der Waals surface area contributed by atoms with Crippen molar-refractivity contribution in [3.8, 4) is 0 Å². The lowest BCUT2D eigenvalue weighted by atomic mass is 10.1. The summed E-state index contributed by atoms with van der Waals surface area (Å²) in [6, 6.07) is 0. The zero-order chi connectivity index (χ0) is 15.3. The Morgan fingerprint density at radius 3 is 2.60 bits per heavy atom. The third-order valence-corrected chi connectivity index (χ3v) is 4.11. The first-order chi connectivity index (χ1) is 9.23. The summed E-state index contributed by atoms with van der Waals surface area (Å²) in [5.74, 6) is 0.565. The van der Waals surface area contributed by atoms with Gasteiger partial charge in [0.05, 0.1) is 17.5 Å². The second kappa shape index (κ2) is 7.64. The van der Waals surface area contributed by atoms with Gasteiger partial charge < -0.3 is 14.4 Å². The molecule has 20 heavy (non-hydrogen) atoms. The molecule has 0 radical (unpaired) electrons. The summed E-state index contributed by atoms with van der Waals surface area (Å²) in [6.45, 7) is 12.0. The summed E-state index contributed by atoms with van der Waals surface area (Å²) >= 11 is 3.61. The fourth-order valence-electron chi connectivity index (χ4n) is 2.23. The molecule has 3 atom stereocenters. The van der Waals surface area contributed by atoms with Crippen molar-refractivity contribution in [2.45, 2.75) is 64.0 Å². The van der Waals surface area contributed by atoms with Crippen LogP contribution >= 0.6 is 15.9 Å². The van der Waals surface area contributed by atoms with Gasteiger partial charge in [-0.2, -0.15) is 0 Å². The van der Waals surface area contributed by atoms with Crippen LogP contribution < -0.4 is 0 Å². The van der Waals surface area contributed by atoms with Gasteiger partial charge in [-0.05, 0) is 33.1 Å². The minimum Gasteiger partial charge on any atom is -0.444 e. The van der Waals surface area contributed by atoms with E-state index in [2.05, 4.69) is 29.8 Å². The maximum absolute atomic E-state index is 12.0. The van der Waals surface area contributed by atoms with Gasteiger partial charge in [0.1, 0.15) is 5.60 Å². The monoisotopic (exact) mass is 349 g/mol. The quantitative estimate of drug-likeness (QED) is 0.708. The van der Waals surface area contributed by atoms with Crippen molar-refractivity contribution >= 4 is 22.0 Å². The molecule has 0 N–H and O–H groups in total. The van der Waals surface area contributed by atoms with Gasteiger partial charge >= 0.3 is 6.09 Å². The van der Waals surface area contributed by atoms with E-state index in [4.69, 9.17) is 9.47 Å². The summed E-state index contributed by atoms with van der Waals surface area (Å²) in [7, 11) is 0. The molecular weight excluding hydrogens is 322 g/mol. The van der Waals surface area contributed by atoms with E-state index in [0.29, 0.717) is 19.0 Å². The topological polar surface area (TPSA) is 38.8 Å². The lowest BCUT2D eigenvalue weighted by Gasteiger charge is -2.24. The Balaban J connectivity index is 2.40. The molecule has 0 aromatic carbocycles. The first-order valence-corrected chi connectivity index (χ1v) is 8.38. The Bertz CT molecular complexity index is 317. The van der Waals surface area contributed by atoms with Crippen LogP contribution in [0.2, 0.25) is 0 Å². The van der Waals surface area contributed by atoms with Gasteiger partial charge in [0, 0.05) is 13.2 Å². The van der Waals surface area contributed by atoms with Gasteiger partial charge in [-0.15, -0.1) is 0 Å². The molecule has 1 rings (SSSR count). The Labute approximate surface area is 131 Å². The van der Waals surface area contributed by atoms with Crippen molar-refractivity contribution < 1.29 is 14.3 Å². The summed E-state index contributed by atoms with van der Waals surface area (Å²) in [5, 5.41) is 0. The molecule has 3 unspecified atom stereocenters. The fourth-order valence-corrected chi connectivity index (χ4v) is 2.90. The number of carbonyl (C=O) groups excluding carboxylic acids is 1. The Kier molecular flexibility index (Phi) is 6.79. The Morgan fingerprint density at radius 1 is 1.40 bits per heavy atom. The van der Waals surface area contributed by atoms with Crippen molar-refractivity contribution in [2.75, 3.05) is 19.7 Å². The SMILES string of the molecule is CCCC(C)COC1CN(C(=O)OC(C)(C)C)CC1Br. The van der Waals surface area contributed by atoms with Crippen LogP contribution in [-0.4, -0.2) is 47.2 Å². The molecule has 0 aromatic rings. The zero-order valence-corrected chi connectivity index (χ0v) is 14.9. The van der Waals surface area contributed by atoms with E-state index >= 15 is 0 Å². The molecule has 1 amide bonds. The van der Waals surface area contributed by atoms with E-state index in [9.17, 15) is 4.79 Å². The number of hydrogen-bond donors (Lipinski definition) is 0. The molecule has 0 bridgehead atoms. The largest absolute Gasteiger partial charge is 0.444 e. The molecule has 118 valence electrons. The number of carbonyl (C=O) groups is 1. The van der Waals surface area contributed by atoms with Crippen LogP contribution in [0, 0.1) is 5.92 Å². The van der Waals surface area contributed by atoms with E-state index in [-0.39, 0.29) is 17.0 Å². The zero-order valence-electron chi connectivity index (χ0n) is 13.3. The van der Waals surface area contributed by atoms with Crippen molar-refractivity contribution in [2.24, 2.45) is 5.92 Å². The molecule has 5 heteroatoms. The standard InChI is InChI=1S/C15H28BrNO3/c1-6-7-11(2)10-19-13-9-17(8-12(13)16)14(18)20-15(3,4)5/h11-13H,6-10H2,1-5H3. The number of hydrogen-bond acceptors (Lipinski definition) is 3. The van der Waals surface area contributed by atoms with E-state index in [1.807, 2.05) is 20.8 Å². The molecule has 4 nitrogen and oxygen atoms in total. The molecule has 1 aliphatic rings. The van der Waals surface area contributed by atoms with Crippen LogP contribution in [0.5, 0.6) is 0 Å². The van der Waals surface area contributed by atoms with Gasteiger partial charge in [0.15, 0.2) is 0 Å². The van der Waals surface area contributed by atoms with Gasteiger partial charge in [-0.3, -0.25) is 0 Å². The van der Waals surface area contributed by atoms with Gasteiger partial charge in [0.25, 0.3) is 0 Å². The van der Waals surface area contributed by atoms with Gasteiger partial charge in [0.2, 0.25) is 0 Å². The van der Waals surface area contributed by atoms with Crippen molar-refractivity contribution in [3.05, 3.63) is 0 Å². The lowest BCUT2D eigenvalue weighted by Crippen LogP contribution is -2.36. The van der Waals surface area contributed by atoms with Crippen LogP contribution in [-0.2, 0) is 9.47 Å². The van der Waals surface area contributed by atoms with Crippen LogP contribution in [0.3, 0.4) is 0 Å². The molecule has 1 aliphatic heterocycles. The maximum Gasteiger partial charge on any atom is 0.410 e. The first-order valence-electron chi connectivity index (χ1n) is 7.46. The van der Waals surface area contributed by atoms with Gasteiger partial charge in [-0.1, -0.05) is 36.2 Å². The number of likely N-dealkylation sites (tertiary alicyclic amines) is 1. The fraction of sp³-hybridized carbons (Fsp3) is 0.933. The predicted octanol–water partition coefficient (Wildman–Crippen LogP) is 3.82. The second-order valence-corrected chi connectivity index (χ2v) is 7.84. The lowest BCUT2D eigenvalue weighted by molar-refractivity contribution is 0.0165. The average Bonchev–Trinajstić information content (AvgIpc) is 2.66. The third-order valence-electron chi connectivity index (χ3n) is 3.23. The smallest absolute Gasteiger partial charge is 0.410 e. The minimum atomic E-state index is -0.451. The highest BCUT2D eigenvalue weighted by atomic mass is 79.9. The first kappa shape index (κ1) is 17.8. The number of amides is 1. The van der Waals surface area contributed by atoms with E-state index in [1.54, 1.807) is 4.90 Å². The Morgan fingerprint density at radius 2 is 2.05 bits per heavy atom. The summed E-state index contributed by atoms with van der Waals surface area (Å²) in [5.41, 5.74) is -0.451. The molecule has 1 saturated heterocycles. The highest BCUT2D eigenvalue weighted by Crippen LogP contribution is 2.23. The highest BCUT2D eigenvalue weighted by Gasteiger charge is 2.36. The predicted molar refractivity (Wildman–Crippen MR) is 84.3 cm³/mol. The molecule has 0 spiro atoms. The highest BCUT2D eigenvalue weighted by molar-refractivity contribution is 9.09. The van der Waals surface area contributed by atoms with Crippen molar-refractivity contribution in [1.29, 1.82) is 0 Å². The average molecular weight is 350 g/mol. The molecule has 1 heterocycles. The normalized spacial score (nSPS) is 24.8. The third kappa shape index (κ3) is 6.00. The number of ether oxygens (including phenoxy) is 2. The van der Waals surface area contributed by atoms with E-state index in [1.165, 1.54) is 12.8 Å². The molecule has 0 saturated carbocycles. The number of halogens is 1. The number of alkyl halides is 1. The molecular formula is C15H28BrNO3. The summed E-state index contributed by atoms with van der Waals surface area (Å²) in [6.07, 6.45) is 2.16. The minimum absolute atomic E-state index is 0.0572. The molecule has 0 aliphatic carbocycles. The number of nitrogens with zero attached hydrogens (tertiary/aromatic N) is 1. The molecule has 1 fully saturated rings. The van der Waals surface area contributed by atoms with E-state index < -0.39 is 5.60 Å². The maximum atomic E-state index is 12.0. The van der Waals surface area contributed by atoms with Crippen LogP contribution in [0.1, 0.15) is 47.5 Å². The van der Waals surface area contributed by atoms with Gasteiger partial charge in [-0.25, -0.2) is 4.79 Å². The summed E-state index contributed by atoms with van der Waals surface area (Å²) < 4.78 is 11.3. The van der Waals surface area contributed by atoms with Crippen molar-refractivity contribution in [3.63, 3.8) is 0 Å². The Hall–Kier alpha value is -0.290. The molecule has 0 aromatic heterocycles. The summed E-state index contributed by atoms with van der Waals surface area (Å²) in [4.78, 5) is 13.9. The van der Waals surface area contributed by atoms with E-state index in [0.717, 1.165) is 6.61 Å².